The quantitative estimate of drug-likeness (QED) is 0.766. The van der Waals surface area contributed by atoms with Gasteiger partial charge in [-0.25, -0.2) is 0 Å². The van der Waals surface area contributed by atoms with Crippen molar-refractivity contribution in [1.29, 1.82) is 0 Å². The number of halogens is 1. The number of hydrogen-bond acceptors (Lipinski definition) is 3. The summed E-state index contributed by atoms with van der Waals surface area (Å²) in [5.74, 6) is -0.362. The Kier molecular flexibility index (Phi) is 4.95. The number of amides is 1. The Morgan fingerprint density at radius 2 is 1.80 bits per heavy atom. The average molecular weight is 402 g/mol. The fourth-order valence-corrected chi connectivity index (χ4v) is 3.52. The van der Waals surface area contributed by atoms with Crippen LogP contribution in [0.4, 0.5) is 0 Å². The summed E-state index contributed by atoms with van der Waals surface area (Å²) >= 11 is 3.37. The molecule has 0 heterocycles. The molecule has 0 aromatic heterocycles. The Labute approximate surface area is 155 Å². The summed E-state index contributed by atoms with van der Waals surface area (Å²) in [5.41, 5.74) is 1.03. The first-order valence-electron chi connectivity index (χ1n) is 8.15. The van der Waals surface area contributed by atoms with Crippen LogP contribution in [-0.4, -0.2) is 19.0 Å². The first kappa shape index (κ1) is 17.7. The first-order valence-corrected chi connectivity index (χ1v) is 8.95. The van der Waals surface area contributed by atoms with E-state index >= 15 is 0 Å². The molecule has 3 atom stereocenters. The van der Waals surface area contributed by atoms with E-state index in [2.05, 4.69) is 21.2 Å². The molecule has 3 rings (SSSR count). The molecule has 0 saturated heterocycles. The van der Waals surface area contributed by atoms with Gasteiger partial charge in [-0.2, -0.15) is 0 Å². The number of carbonyl (C=O) groups excluding carboxylic acids is 2. The summed E-state index contributed by atoms with van der Waals surface area (Å²) in [4.78, 5) is 24.8. The molecule has 0 spiro atoms. The maximum atomic E-state index is 12.7. The van der Waals surface area contributed by atoms with Gasteiger partial charge in [0, 0.05) is 16.0 Å². The largest absolute Gasteiger partial charge is 0.469 e. The zero-order chi connectivity index (χ0) is 18.0. The maximum absolute atomic E-state index is 12.7. The van der Waals surface area contributed by atoms with Crippen LogP contribution in [0, 0.1) is 11.3 Å². The Morgan fingerprint density at radius 1 is 1.16 bits per heavy atom. The fraction of sp³-hybridized carbons (Fsp3) is 0.300. The van der Waals surface area contributed by atoms with E-state index in [4.69, 9.17) is 4.74 Å². The van der Waals surface area contributed by atoms with Gasteiger partial charge in [0.1, 0.15) is 0 Å². The minimum absolute atomic E-state index is 0.0155. The number of ether oxygens (including phenoxy) is 1. The predicted molar refractivity (Wildman–Crippen MR) is 99.0 cm³/mol. The molecule has 2 aromatic rings. The summed E-state index contributed by atoms with van der Waals surface area (Å²) in [6, 6.07) is 16.7. The molecule has 2 aromatic carbocycles. The molecule has 5 heteroatoms. The van der Waals surface area contributed by atoms with Crippen LogP contribution in [0.15, 0.2) is 59.1 Å². The molecule has 130 valence electrons. The molecule has 2 unspecified atom stereocenters. The van der Waals surface area contributed by atoms with Gasteiger partial charge in [0.25, 0.3) is 5.91 Å². The third-order valence-corrected chi connectivity index (χ3v) is 5.44. The van der Waals surface area contributed by atoms with Crippen molar-refractivity contribution >= 4 is 27.8 Å². The molecule has 1 amide bonds. The van der Waals surface area contributed by atoms with Crippen LogP contribution in [0.25, 0.3) is 0 Å². The average Bonchev–Trinajstić information content (AvgIpc) is 3.32. The lowest BCUT2D eigenvalue weighted by Crippen LogP contribution is -2.32. The van der Waals surface area contributed by atoms with Crippen LogP contribution in [0.1, 0.15) is 35.3 Å². The normalized spacial score (nSPS) is 22.8. The van der Waals surface area contributed by atoms with Crippen molar-refractivity contribution < 1.29 is 14.3 Å². The van der Waals surface area contributed by atoms with E-state index in [1.807, 2.05) is 49.4 Å². The highest BCUT2D eigenvalue weighted by Gasteiger charge is 2.60. The zero-order valence-electron chi connectivity index (χ0n) is 14.2. The smallest absolute Gasteiger partial charge is 0.311 e. The molecular weight excluding hydrogens is 382 g/mol. The minimum Gasteiger partial charge on any atom is -0.469 e. The van der Waals surface area contributed by atoms with Crippen molar-refractivity contribution in [1.82, 2.24) is 5.32 Å². The monoisotopic (exact) mass is 401 g/mol. The molecule has 25 heavy (non-hydrogen) atoms. The van der Waals surface area contributed by atoms with E-state index < -0.39 is 5.41 Å². The van der Waals surface area contributed by atoms with E-state index in [0.29, 0.717) is 12.0 Å². The van der Waals surface area contributed by atoms with Crippen LogP contribution < -0.4 is 5.32 Å². The van der Waals surface area contributed by atoms with E-state index in [1.165, 1.54) is 7.11 Å². The molecule has 0 bridgehead atoms. The van der Waals surface area contributed by atoms with Gasteiger partial charge in [-0.05, 0) is 43.2 Å². The first-order chi connectivity index (χ1) is 12.0. The van der Waals surface area contributed by atoms with Crippen molar-refractivity contribution in [2.24, 2.45) is 11.3 Å². The lowest BCUT2D eigenvalue weighted by atomic mass is 9.95. The highest BCUT2D eigenvalue weighted by molar-refractivity contribution is 9.10. The third kappa shape index (κ3) is 3.61. The molecule has 1 N–H and O–H groups in total. The minimum atomic E-state index is -0.553. The Morgan fingerprint density at radius 3 is 2.40 bits per heavy atom. The topological polar surface area (TPSA) is 55.4 Å². The number of carbonyl (C=O) groups is 2. The van der Waals surface area contributed by atoms with Gasteiger partial charge in [0.15, 0.2) is 0 Å². The van der Waals surface area contributed by atoms with Crippen molar-refractivity contribution in [3.8, 4) is 0 Å². The van der Waals surface area contributed by atoms with E-state index in [9.17, 15) is 9.59 Å². The number of benzene rings is 2. The standard InChI is InChI=1S/C20H20BrNO3/c1-20(19(24)25-2)12-16(20)17(13-6-4-3-5-7-13)22-18(23)14-8-10-15(21)11-9-14/h3-11,16-17H,12H2,1-2H3,(H,22,23)/t16?,17?,20-/m1/s1. The van der Waals surface area contributed by atoms with E-state index in [-0.39, 0.29) is 23.8 Å². The van der Waals surface area contributed by atoms with Crippen molar-refractivity contribution in [2.45, 2.75) is 19.4 Å². The number of nitrogens with one attached hydrogen (secondary N) is 1. The summed E-state index contributed by atoms with van der Waals surface area (Å²) in [6.07, 6.45) is 0.694. The zero-order valence-corrected chi connectivity index (χ0v) is 15.7. The second-order valence-corrected chi connectivity index (χ2v) is 7.50. The molecular formula is C20H20BrNO3. The lowest BCUT2D eigenvalue weighted by molar-refractivity contribution is -0.147. The molecule has 1 aliphatic rings. The van der Waals surface area contributed by atoms with Gasteiger partial charge in [-0.15, -0.1) is 0 Å². The van der Waals surface area contributed by atoms with Crippen molar-refractivity contribution in [3.05, 3.63) is 70.2 Å². The van der Waals surface area contributed by atoms with Gasteiger partial charge in [0.2, 0.25) is 0 Å². The van der Waals surface area contributed by atoms with Gasteiger partial charge < -0.3 is 10.1 Å². The van der Waals surface area contributed by atoms with Gasteiger partial charge in [-0.3, -0.25) is 9.59 Å². The molecule has 0 aliphatic heterocycles. The summed E-state index contributed by atoms with van der Waals surface area (Å²) in [6.45, 7) is 1.89. The second kappa shape index (κ2) is 7.00. The SMILES string of the molecule is COC(=O)[C@]1(C)CC1C(NC(=O)c1ccc(Br)cc1)c1ccccc1. The van der Waals surface area contributed by atoms with Crippen molar-refractivity contribution in [3.63, 3.8) is 0 Å². The molecule has 0 radical (unpaired) electrons. The number of rotatable bonds is 5. The summed E-state index contributed by atoms with van der Waals surface area (Å²) in [5, 5.41) is 3.10. The third-order valence-electron chi connectivity index (χ3n) is 4.91. The van der Waals surface area contributed by atoms with Crippen LogP contribution in [-0.2, 0) is 9.53 Å². The number of hydrogen-bond donors (Lipinski definition) is 1. The van der Waals surface area contributed by atoms with Gasteiger partial charge in [0.05, 0.1) is 18.6 Å². The van der Waals surface area contributed by atoms with Crippen LogP contribution in [0.2, 0.25) is 0 Å². The molecule has 4 nitrogen and oxygen atoms in total. The van der Waals surface area contributed by atoms with E-state index in [1.54, 1.807) is 12.1 Å². The molecule has 1 saturated carbocycles. The van der Waals surface area contributed by atoms with Crippen LogP contribution >= 0.6 is 15.9 Å². The van der Waals surface area contributed by atoms with E-state index in [0.717, 1.165) is 10.0 Å². The second-order valence-electron chi connectivity index (χ2n) is 6.59. The van der Waals surface area contributed by atoms with Gasteiger partial charge in [-0.1, -0.05) is 46.3 Å². The number of esters is 1. The van der Waals surface area contributed by atoms with Crippen LogP contribution in [0.5, 0.6) is 0 Å². The lowest BCUT2D eigenvalue weighted by Gasteiger charge is -2.21. The Bertz CT molecular complexity index is 775. The summed E-state index contributed by atoms with van der Waals surface area (Å²) < 4.78 is 5.86. The maximum Gasteiger partial charge on any atom is 0.311 e. The Balaban J connectivity index is 1.84. The molecule has 1 aliphatic carbocycles. The predicted octanol–water partition coefficient (Wildman–Crippen LogP) is 4.12. The molecule has 1 fully saturated rings. The van der Waals surface area contributed by atoms with Crippen LogP contribution in [0.3, 0.4) is 0 Å². The van der Waals surface area contributed by atoms with Gasteiger partial charge >= 0.3 is 5.97 Å². The highest BCUT2D eigenvalue weighted by Crippen LogP contribution is 2.58. The Hall–Kier alpha value is -2.14. The number of methoxy groups -OCH3 is 1. The summed E-state index contributed by atoms with van der Waals surface area (Å²) in [7, 11) is 1.40. The fourth-order valence-electron chi connectivity index (χ4n) is 3.25. The van der Waals surface area contributed by atoms with Crippen molar-refractivity contribution in [2.75, 3.05) is 7.11 Å². The highest BCUT2D eigenvalue weighted by atomic mass is 79.9.